The average molecular weight is 276 g/mol. The van der Waals surface area contributed by atoms with Gasteiger partial charge in [-0.2, -0.15) is 0 Å². The van der Waals surface area contributed by atoms with Gasteiger partial charge in [-0.15, -0.1) is 0 Å². The van der Waals surface area contributed by atoms with Crippen LogP contribution in [0.4, 0.5) is 0 Å². The van der Waals surface area contributed by atoms with Crippen molar-refractivity contribution in [2.75, 3.05) is 13.2 Å². The van der Waals surface area contributed by atoms with Crippen molar-refractivity contribution < 1.29 is 13.5 Å². The fourth-order valence-corrected chi connectivity index (χ4v) is 4.33. The highest BCUT2D eigenvalue weighted by molar-refractivity contribution is 7.92. The summed E-state index contributed by atoms with van der Waals surface area (Å²) in [5, 5.41) is 9.13. The fourth-order valence-electron chi connectivity index (χ4n) is 1.98. The molecule has 4 nitrogen and oxygen atoms in total. The summed E-state index contributed by atoms with van der Waals surface area (Å²) in [6.07, 6.45) is 0.422. The van der Waals surface area contributed by atoms with Gasteiger partial charge >= 0.3 is 0 Å². The number of halogens is 1. The summed E-state index contributed by atoms with van der Waals surface area (Å²) >= 11 is 5.71. The van der Waals surface area contributed by atoms with Crippen LogP contribution in [0.5, 0.6) is 0 Å². The minimum Gasteiger partial charge on any atom is -0.396 e. The zero-order valence-electron chi connectivity index (χ0n) is 9.14. The predicted molar refractivity (Wildman–Crippen MR) is 65.6 cm³/mol. The second-order valence-electron chi connectivity index (χ2n) is 4.42. The van der Waals surface area contributed by atoms with Gasteiger partial charge in [0.05, 0.1) is 16.8 Å². The van der Waals surface area contributed by atoms with Gasteiger partial charge in [-0.1, -0.05) is 11.6 Å². The van der Waals surface area contributed by atoms with Crippen molar-refractivity contribution in [1.82, 2.24) is 0 Å². The lowest BCUT2D eigenvalue weighted by atomic mass is 10.1. The smallest absolute Gasteiger partial charge is 0.181 e. The number of aliphatic hydroxyl groups is 1. The molecule has 1 aromatic carbocycles. The molecule has 0 amide bonds. The molecule has 0 aromatic heterocycles. The molecule has 0 spiro atoms. The van der Waals surface area contributed by atoms with Gasteiger partial charge in [0.15, 0.2) is 9.84 Å². The number of aliphatic hydroxyl groups excluding tert-OH is 1. The third-order valence-corrected chi connectivity index (χ3v) is 5.95. The first-order chi connectivity index (χ1) is 7.96. The van der Waals surface area contributed by atoms with Gasteiger partial charge in [0.1, 0.15) is 0 Å². The Labute approximate surface area is 105 Å². The molecule has 1 saturated carbocycles. The SMILES string of the molecule is NC[C@@]1(CO)C[C@@H]1S(=O)(=O)c1ccc(Cl)cc1. The molecule has 3 N–H and O–H groups in total. The van der Waals surface area contributed by atoms with E-state index in [1.165, 1.54) is 12.1 Å². The Morgan fingerprint density at radius 2 is 2.00 bits per heavy atom. The summed E-state index contributed by atoms with van der Waals surface area (Å²) in [6, 6.07) is 6.04. The van der Waals surface area contributed by atoms with E-state index in [1.54, 1.807) is 12.1 Å². The molecule has 0 heterocycles. The van der Waals surface area contributed by atoms with E-state index in [9.17, 15) is 13.5 Å². The standard InChI is InChI=1S/C11H14ClNO3S/c12-8-1-3-9(4-2-8)17(15,16)10-5-11(10,6-13)7-14/h1-4,10,14H,5-7,13H2/t10-,11+/m0/s1. The molecule has 1 fully saturated rings. The minimum atomic E-state index is -3.41. The molecule has 1 aliphatic rings. The third kappa shape index (κ3) is 2.08. The first-order valence-electron chi connectivity index (χ1n) is 5.27. The van der Waals surface area contributed by atoms with E-state index in [1.807, 2.05) is 0 Å². The molecule has 0 unspecified atom stereocenters. The van der Waals surface area contributed by atoms with Crippen LogP contribution in [0.2, 0.25) is 5.02 Å². The maximum Gasteiger partial charge on any atom is 0.181 e. The fraction of sp³-hybridized carbons (Fsp3) is 0.455. The van der Waals surface area contributed by atoms with Crippen molar-refractivity contribution >= 4 is 21.4 Å². The van der Waals surface area contributed by atoms with Crippen LogP contribution in [0.1, 0.15) is 6.42 Å². The Bertz CT molecular complexity index is 508. The highest BCUT2D eigenvalue weighted by atomic mass is 35.5. The second kappa shape index (κ2) is 4.24. The summed E-state index contributed by atoms with van der Waals surface area (Å²) in [6.45, 7) is -0.0119. The number of nitrogens with two attached hydrogens (primary N) is 1. The van der Waals surface area contributed by atoms with Gasteiger partial charge in [0, 0.05) is 17.0 Å². The molecular formula is C11H14ClNO3S. The molecule has 17 heavy (non-hydrogen) atoms. The van der Waals surface area contributed by atoms with Crippen LogP contribution in [0.25, 0.3) is 0 Å². The number of hydrogen-bond donors (Lipinski definition) is 2. The van der Waals surface area contributed by atoms with Crippen LogP contribution < -0.4 is 5.73 Å². The normalized spacial score (nSPS) is 28.1. The van der Waals surface area contributed by atoms with Gasteiger partial charge in [-0.25, -0.2) is 8.42 Å². The Kier molecular flexibility index (Phi) is 3.20. The van der Waals surface area contributed by atoms with Gasteiger partial charge < -0.3 is 10.8 Å². The van der Waals surface area contributed by atoms with Crippen LogP contribution in [-0.2, 0) is 9.84 Å². The molecular weight excluding hydrogens is 262 g/mol. The van der Waals surface area contributed by atoms with Crippen LogP contribution in [0.3, 0.4) is 0 Å². The van der Waals surface area contributed by atoms with Crippen molar-refractivity contribution in [3.63, 3.8) is 0 Å². The van der Waals surface area contributed by atoms with Crippen LogP contribution >= 0.6 is 11.6 Å². The molecule has 2 rings (SSSR count). The van der Waals surface area contributed by atoms with Crippen LogP contribution in [-0.4, -0.2) is 31.9 Å². The van der Waals surface area contributed by atoms with Crippen molar-refractivity contribution in [1.29, 1.82) is 0 Å². The largest absolute Gasteiger partial charge is 0.396 e. The number of sulfone groups is 1. The van der Waals surface area contributed by atoms with Gasteiger partial charge in [-0.05, 0) is 30.7 Å². The first kappa shape index (κ1) is 12.8. The third-order valence-electron chi connectivity index (χ3n) is 3.35. The Balaban J connectivity index is 2.30. The maximum absolute atomic E-state index is 12.2. The zero-order chi connectivity index (χ0) is 12.7. The lowest BCUT2D eigenvalue weighted by Gasteiger charge is -2.11. The quantitative estimate of drug-likeness (QED) is 0.853. The van der Waals surface area contributed by atoms with E-state index in [-0.39, 0.29) is 18.0 Å². The van der Waals surface area contributed by atoms with Crippen molar-refractivity contribution in [2.24, 2.45) is 11.1 Å². The second-order valence-corrected chi connectivity index (χ2v) is 6.98. The molecule has 0 radical (unpaired) electrons. The van der Waals surface area contributed by atoms with Gasteiger partial charge in [0.2, 0.25) is 0 Å². The number of rotatable bonds is 4. The lowest BCUT2D eigenvalue weighted by Crippen LogP contribution is -2.27. The van der Waals surface area contributed by atoms with Crippen LogP contribution in [0, 0.1) is 5.41 Å². The van der Waals surface area contributed by atoms with Crippen LogP contribution in [0.15, 0.2) is 29.2 Å². The molecule has 2 atom stereocenters. The minimum absolute atomic E-state index is 0.182. The molecule has 6 heteroatoms. The Morgan fingerprint density at radius 1 is 1.41 bits per heavy atom. The lowest BCUT2D eigenvalue weighted by molar-refractivity contribution is 0.217. The van der Waals surface area contributed by atoms with Gasteiger partial charge in [0.25, 0.3) is 0 Å². The Morgan fingerprint density at radius 3 is 2.41 bits per heavy atom. The molecule has 1 aromatic rings. The highest BCUT2D eigenvalue weighted by Crippen LogP contribution is 2.51. The van der Waals surface area contributed by atoms with E-state index < -0.39 is 20.5 Å². The average Bonchev–Trinajstić information content (AvgIpc) is 3.06. The predicted octanol–water partition coefficient (Wildman–Crippen LogP) is 0.823. The van der Waals surface area contributed by atoms with Crippen molar-refractivity contribution in [2.45, 2.75) is 16.6 Å². The molecule has 0 aliphatic heterocycles. The summed E-state index contributed by atoms with van der Waals surface area (Å²) in [5.41, 5.74) is 4.87. The van der Waals surface area contributed by atoms with E-state index in [2.05, 4.69) is 0 Å². The summed E-state index contributed by atoms with van der Waals surface area (Å²) in [7, 11) is -3.41. The van der Waals surface area contributed by atoms with Crippen molar-refractivity contribution in [3.8, 4) is 0 Å². The molecule has 0 bridgehead atoms. The molecule has 94 valence electrons. The zero-order valence-corrected chi connectivity index (χ0v) is 10.7. The topological polar surface area (TPSA) is 80.4 Å². The summed E-state index contributed by atoms with van der Waals surface area (Å²) < 4.78 is 24.5. The van der Waals surface area contributed by atoms with E-state index in [0.29, 0.717) is 11.4 Å². The van der Waals surface area contributed by atoms with E-state index in [4.69, 9.17) is 17.3 Å². The Hall–Kier alpha value is -0.620. The highest BCUT2D eigenvalue weighted by Gasteiger charge is 2.60. The first-order valence-corrected chi connectivity index (χ1v) is 7.19. The summed E-state index contributed by atoms with van der Waals surface area (Å²) in [4.78, 5) is 0.232. The number of benzene rings is 1. The molecule has 0 saturated heterocycles. The maximum atomic E-state index is 12.2. The van der Waals surface area contributed by atoms with Gasteiger partial charge in [-0.3, -0.25) is 0 Å². The molecule has 1 aliphatic carbocycles. The van der Waals surface area contributed by atoms with E-state index >= 15 is 0 Å². The monoisotopic (exact) mass is 275 g/mol. The van der Waals surface area contributed by atoms with E-state index in [0.717, 1.165) is 0 Å². The number of hydrogen-bond acceptors (Lipinski definition) is 4. The van der Waals surface area contributed by atoms with Crippen molar-refractivity contribution in [3.05, 3.63) is 29.3 Å². The summed E-state index contributed by atoms with van der Waals surface area (Å²) in [5.74, 6) is 0.